The number of fused-ring (bicyclic) bond motifs is 1. The van der Waals surface area contributed by atoms with Crippen LogP contribution in [-0.4, -0.2) is 47.4 Å². The zero-order chi connectivity index (χ0) is 20.7. The number of carbonyl (C=O) groups excluding carboxylic acids is 1. The molecule has 2 atom stereocenters. The summed E-state index contributed by atoms with van der Waals surface area (Å²) in [5.41, 5.74) is 5.83. The van der Waals surface area contributed by atoms with Crippen LogP contribution in [0.3, 0.4) is 0 Å². The zero-order valence-electron chi connectivity index (χ0n) is 16.7. The normalized spacial score (nSPS) is 14.5. The molecule has 154 valence electrons. The average molecular weight is 408 g/mol. The van der Waals surface area contributed by atoms with E-state index in [0.29, 0.717) is 30.4 Å². The third-order valence-electron chi connectivity index (χ3n) is 3.89. The Morgan fingerprint density at radius 3 is 2.75 bits per heavy atom. The van der Waals surface area contributed by atoms with E-state index in [1.807, 2.05) is 24.3 Å². The molecule has 28 heavy (non-hydrogen) atoms. The summed E-state index contributed by atoms with van der Waals surface area (Å²) >= 11 is 1.41. The highest BCUT2D eigenvalue weighted by atomic mass is 32.1. The first kappa shape index (κ1) is 21.9. The van der Waals surface area contributed by atoms with Gasteiger partial charge in [-0.15, -0.1) is 11.3 Å². The van der Waals surface area contributed by atoms with Gasteiger partial charge in [0, 0.05) is 13.6 Å². The highest BCUT2D eigenvalue weighted by molar-refractivity contribution is 7.18. The second-order valence-corrected chi connectivity index (χ2v) is 8.46. The van der Waals surface area contributed by atoms with Crippen molar-refractivity contribution in [2.75, 3.05) is 13.6 Å². The van der Waals surface area contributed by atoms with Crippen LogP contribution in [0.25, 0.3) is 10.2 Å². The molecule has 0 radical (unpaired) electrons. The van der Waals surface area contributed by atoms with E-state index >= 15 is 0 Å². The lowest BCUT2D eigenvalue weighted by Crippen LogP contribution is -2.43. The van der Waals surface area contributed by atoms with Crippen molar-refractivity contribution in [2.24, 2.45) is 10.7 Å². The number of nitrogens with one attached hydrogen (secondary N) is 2. The van der Waals surface area contributed by atoms with Crippen LogP contribution in [0.5, 0.6) is 0 Å². The number of hydrogen-bond donors (Lipinski definition) is 4. The number of nitrogens with zero attached hydrogens (tertiary/aromatic N) is 2. The van der Waals surface area contributed by atoms with Crippen molar-refractivity contribution in [3.05, 3.63) is 29.3 Å². The summed E-state index contributed by atoms with van der Waals surface area (Å²) in [6, 6.07) is 7.14. The second kappa shape index (κ2) is 9.70. The highest BCUT2D eigenvalue weighted by Gasteiger charge is 2.27. The maximum atomic E-state index is 12.2. The molecular weight excluding hydrogens is 378 g/mol. The number of para-hydroxylation sites is 1. The molecule has 8 nitrogen and oxygen atoms in total. The molecule has 0 saturated carbocycles. The van der Waals surface area contributed by atoms with Crippen LogP contribution in [0, 0.1) is 0 Å². The van der Waals surface area contributed by atoms with Crippen molar-refractivity contribution in [1.29, 1.82) is 0 Å². The third kappa shape index (κ3) is 6.65. The standard InChI is InChI=1S/C19H29N5O3S/c1-19(2,3)27-18(26)24-13(9-7-11-22-17(20)21-4)15(25)16-23-12-8-5-6-10-14(12)28-16/h5-6,8,10,13,15,25H,7,9,11H2,1-4H3,(H,24,26)(H3,20,21,22)/t13-,15?/m0/s1. The molecule has 2 rings (SSSR count). The van der Waals surface area contributed by atoms with Crippen molar-refractivity contribution >= 4 is 33.6 Å². The van der Waals surface area contributed by atoms with Gasteiger partial charge in [0.15, 0.2) is 5.96 Å². The monoisotopic (exact) mass is 407 g/mol. The van der Waals surface area contributed by atoms with Gasteiger partial charge in [0.25, 0.3) is 0 Å². The lowest BCUT2D eigenvalue weighted by molar-refractivity contribution is 0.0412. The van der Waals surface area contributed by atoms with E-state index in [9.17, 15) is 9.90 Å². The number of guanidine groups is 1. The summed E-state index contributed by atoms with van der Waals surface area (Å²) in [4.78, 5) is 20.6. The number of benzene rings is 1. The average Bonchev–Trinajstić information content (AvgIpc) is 3.06. The van der Waals surface area contributed by atoms with E-state index in [0.717, 1.165) is 10.2 Å². The van der Waals surface area contributed by atoms with Crippen LogP contribution in [0.4, 0.5) is 4.79 Å². The van der Waals surface area contributed by atoms with Crippen LogP contribution < -0.4 is 16.4 Å². The number of rotatable bonds is 7. The molecule has 1 amide bonds. The number of nitrogens with two attached hydrogens (primary N) is 1. The molecule has 0 aliphatic heterocycles. The Hall–Kier alpha value is -2.39. The number of aliphatic hydroxyl groups excluding tert-OH is 1. The predicted molar refractivity (Wildman–Crippen MR) is 113 cm³/mol. The molecule has 0 bridgehead atoms. The predicted octanol–water partition coefficient (Wildman–Crippen LogP) is 2.54. The lowest BCUT2D eigenvalue weighted by Gasteiger charge is -2.26. The minimum Gasteiger partial charge on any atom is -0.444 e. The summed E-state index contributed by atoms with van der Waals surface area (Å²) in [5.74, 6) is 0.350. The van der Waals surface area contributed by atoms with E-state index < -0.39 is 23.8 Å². The van der Waals surface area contributed by atoms with Gasteiger partial charge in [-0.3, -0.25) is 4.99 Å². The van der Waals surface area contributed by atoms with E-state index in [1.54, 1.807) is 27.8 Å². The first-order valence-electron chi connectivity index (χ1n) is 9.19. The fourth-order valence-electron chi connectivity index (χ4n) is 2.57. The number of thiazole rings is 1. The minimum absolute atomic E-state index is 0.350. The Morgan fingerprint density at radius 2 is 2.11 bits per heavy atom. The zero-order valence-corrected chi connectivity index (χ0v) is 17.5. The molecule has 1 aromatic carbocycles. The van der Waals surface area contributed by atoms with Crippen molar-refractivity contribution in [3.63, 3.8) is 0 Å². The first-order chi connectivity index (χ1) is 13.2. The fourth-order valence-corrected chi connectivity index (χ4v) is 3.59. The first-order valence-corrected chi connectivity index (χ1v) is 10.0. The van der Waals surface area contributed by atoms with Gasteiger partial charge in [-0.05, 0) is 45.7 Å². The van der Waals surface area contributed by atoms with Gasteiger partial charge >= 0.3 is 6.09 Å². The maximum Gasteiger partial charge on any atom is 0.407 e. The minimum atomic E-state index is -0.942. The van der Waals surface area contributed by atoms with Gasteiger partial charge in [-0.1, -0.05) is 12.1 Å². The van der Waals surface area contributed by atoms with E-state index in [-0.39, 0.29) is 0 Å². The smallest absolute Gasteiger partial charge is 0.407 e. The van der Waals surface area contributed by atoms with Crippen molar-refractivity contribution in [2.45, 2.75) is 51.4 Å². The molecule has 1 unspecified atom stereocenters. The third-order valence-corrected chi connectivity index (χ3v) is 4.99. The number of alkyl carbamates (subject to hydrolysis) is 1. The number of aliphatic imine (C=N–C) groups is 1. The molecule has 9 heteroatoms. The van der Waals surface area contributed by atoms with Gasteiger partial charge in [0.1, 0.15) is 16.7 Å². The highest BCUT2D eigenvalue weighted by Crippen LogP contribution is 2.29. The molecule has 5 N–H and O–H groups in total. The van der Waals surface area contributed by atoms with Crippen LogP contribution in [0.1, 0.15) is 44.7 Å². The van der Waals surface area contributed by atoms with E-state index in [4.69, 9.17) is 10.5 Å². The SMILES string of the molecule is CN=C(N)NCCC[C@H](NC(=O)OC(C)(C)C)C(O)c1nc2ccccc2s1. The molecule has 0 aliphatic carbocycles. The van der Waals surface area contributed by atoms with Crippen LogP contribution in [-0.2, 0) is 4.74 Å². The van der Waals surface area contributed by atoms with Crippen LogP contribution in [0.15, 0.2) is 29.3 Å². The Balaban J connectivity index is 2.09. The molecular formula is C19H29N5O3S. The largest absolute Gasteiger partial charge is 0.444 e. The number of aliphatic hydroxyl groups is 1. The summed E-state index contributed by atoms with van der Waals surface area (Å²) in [5, 5.41) is 17.2. The Kier molecular flexibility index (Phi) is 7.59. The molecule has 0 saturated heterocycles. The number of hydrogen-bond acceptors (Lipinski definition) is 6. The lowest BCUT2D eigenvalue weighted by atomic mass is 10.1. The molecule has 0 spiro atoms. The topological polar surface area (TPSA) is 122 Å². The number of aromatic nitrogens is 1. The Labute approximate surface area is 169 Å². The van der Waals surface area contributed by atoms with Crippen molar-refractivity contribution < 1.29 is 14.6 Å². The van der Waals surface area contributed by atoms with Gasteiger partial charge in [-0.2, -0.15) is 0 Å². The summed E-state index contributed by atoms with van der Waals surface area (Å²) in [6.45, 7) is 5.95. The maximum absolute atomic E-state index is 12.2. The van der Waals surface area contributed by atoms with Gasteiger partial charge in [0.05, 0.1) is 16.3 Å². The molecule has 0 aliphatic rings. The Morgan fingerprint density at radius 1 is 1.39 bits per heavy atom. The molecule has 1 aromatic heterocycles. The number of carbonyl (C=O) groups is 1. The van der Waals surface area contributed by atoms with Crippen LogP contribution >= 0.6 is 11.3 Å². The number of ether oxygens (including phenoxy) is 1. The number of amides is 1. The van der Waals surface area contributed by atoms with Gasteiger partial charge in [0.2, 0.25) is 0 Å². The molecule has 2 aromatic rings. The van der Waals surface area contributed by atoms with Crippen molar-refractivity contribution in [1.82, 2.24) is 15.6 Å². The summed E-state index contributed by atoms with van der Waals surface area (Å²) < 4.78 is 6.33. The summed E-state index contributed by atoms with van der Waals surface area (Å²) in [6.07, 6.45) is -0.332. The second-order valence-electron chi connectivity index (χ2n) is 7.40. The quantitative estimate of drug-likeness (QED) is 0.318. The molecule has 0 fully saturated rings. The van der Waals surface area contributed by atoms with Crippen LogP contribution in [0.2, 0.25) is 0 Å². The fraction of sp³-hybridized carbons (Fsp3) is 0.526. The van der Waals surface area contributed by atoms with E-state index in [2.05, 4.69) is 20.6 Å². The van der Waals surface area contributed by atoms with E-state index in [1.165, 1.54) is 11.3 Å². The summed E-state index contributed by atoms with van der Waals surface area (Å²) in [7, 11) is 1.60. The molecule has 1 heterocycles. The van der Waals surface area contributed by atoms with Gasteiger partial charge in [-0.25, -0.2) is 9.78 Å². The Bertz CT molecular complexity index is 782. The van der Waals surface area contributed by atoms with Gasteiger partial charge < -0.3 is 26.2 Å². The van der Waals surface area contributed by atoms with Crippen molar-refractivity contribution in [3.8, 4) is 0 Å².